The van der Waals surface area contributed by atoms with E-state index in [9.17, 15) is 27.3 Å². The molecule has 9 heteroatoms. The molecule has 6 nitrogen and oxygen atoms in total. The lowest BCUT2D eigenvalue weighted by atomic mass is 10.3. The van der Waals surface area contributed by atoms with Crippen LogP contribution in [0.1, 0.15) is 0 Å². The van der Waals surface area contributed by atoms with Crippen molar-refractivity contribution < 1.29 is 22.1 Å². The van der Waals surface area contributed by atoms with Crippen LogP contribution in [-0.2, 0) is 10.0 Å². The molecular weight excluding hydrogens is 318 g/mol. The molecule has 0 saturated heterocycles. The number of para-hydroxylation sites is 1. The molecule has 0 fully saturated rings. The van der Waals surface area contributed by atoms with Gasteiger partial charge in [0.15, 0.2) is 4.90 Å². The lowest BCUT2D eigenvalue weighted by molar-refractivity contribution is -0.387. The molecule has 116 valence electrons. The Morgan fingerprint density at radius 1 is 1.14 bits per heavy atom. The van der Waals surface area contributed by atoms with Crippen LogP contribution in [0.4, 0.5) is 20.2 Å². The van der Waals surface area contributed by atoms with Crippen molar-refractivity contribution in [2.45, 2.75) is 4.90 Å². The van der Waals surface area contributed by atoms with Gasteiger partial charge in [0, 0.05) is 19.2 Å². The Morgan fingerprint density at radius 2 is 1.77 bits per heavy atom. The van der Waals surface area contributed by atoms with Gasteiger partial charge in [-0.1, -0.05) is 12.1 Å². The second kappa shape index (κ2) is 5.68. The molecule has 0 radical (unpaired) electrons. The molecule has 0 saturated carbocycles. The Hall–Kier alpha value is -2.55. The second-order valence-electron chi connectivity index (χ2n) is 4.29. The van der Waals surface area contributed by atoms with Gasteiger partial charge < -0.3 is 0 Å². The number of rotatable bonds is 4. The average Bonchev–Trinajstić information content (AvgIpc) is 2.49. The van der Waals surface area contributed by atoms with E-state index in [1.54, 1.807) is 0 Å². The number of anilines is 1. The van der Waals surface area contributed by atoms with Gasteiger partial charge >= 0.3 is 0 Å². The first-order chi connectivity index (χ1) is 10.2. The highest BCUT2D eigenvalue weighted by atomic mass is 32.2. The largest absolute Gasteiger partial charge is 0.289 e. The van der Waals surface area contributed by atoms with Gasteiger partial charge in [-0.25, -0.2) is 17.2 Å². The van der Waals surface area contributed by atoms with Gasteiger partial charge in [0.05, 0.1) is 10.6 Å². The number of hydrogen-bond acceptors (Lipinski definition) is 4. The highest BCUT2D eigenvalue weighted by molar-refractivity contribution is 7.93. The van der Waals surface area contributed by atoms with Crippen molar-refractivity contribution in [1.29, 1.82) is 0 Å². The summed E-state index contributed by atoms with van der Waals surface area (Å²) in [6, 6.07) is 6.96. The summed E-state index contributed by atoms with van der Waals surface area (Å²) in [5, 5.41) is 10.9. The standard InChI is InChI=1S/C13H10F2N2O4S/c1-16(12-8-9(14)6-7-10(12)15)22(20,21)13-5-3-2-4-11(13)17(18)19/h2-8H,1H3. The monoisotopic (exact) mass is 328 g/mol. The summed E-state index contributed by atoms with van der Waals surface area (Å²) in [6.45, 7) is 0. The fraction of sp³-hybridized carbons (Fsp3) is 0.0769. The van der Waals surface area contributed by atoms with Gasteiger partial charge in [-0.15, -0.1) is 0 Å². The second-order valence-corrected chi connectivity index (χ2v) is 6.23. The number of nitro benzene ring substituents is 1. The molecule has 0 bridgehead atoms. The predicted octanol–water partition coefficient (Wildman–Crippen LogP) is 2.70. The van der Waals surface area contributed by atoms with E-state index in [1.807, 2.05) is 0 Å². The molecule has 0 atom stereocenters. The van der Waals surface area contributed by atoms with Crippen molar-refractivity contribution in [3.63, 3.8) is 0 Å². The summed E-state index contributed by atoms with van der Waals surface area (Å²) in [7, 11) is -3.43. The summed E-state index contributed by atoms with van der Waals surface area (Å²) in [5.41, 5.74) is -1.19. The van der Waals surface area contributed by atoms with Crippen molar-refractivity contribution in [3.8, 4) is 0 Å². The zero-order valence-electron chi connectivity index (χ0n) is 11.2. The molecule has 0 spiro atoms. The summed E-state index contributed by atoms with van der Waals surface area (Å²) >= 11 is 0. The van der Waals surface area contributed by atoms with Crippen LogP contribution in [0.15, 0.2) is 47.4 Å². The Morgan fingerprint density at radius 3 is 2.41 bits per heavy atom. The van der Waals surface area contributed by atoms with E-state index in [2.05, 4.69) is 0 Å². The van der Waals surface area contributed by atoms with Gasteiger partial charge in [-0.2, -0.15) is 0 Å². The number of hydrogen-bond donors (Lipinski definition) is 0. The smallest absolute Gasteiger partial charge is 0.266 e. The maximum Gasteiger partial charge on any atom is 0.289 e. The summed E-state index contributed by atoms with van der Waals surface area (Å²) < 4.78 is 52.3. The number of halogens is 2. The summed E-state index contributed by atoms with van der Waals surface area (Å²) in [6.07, 6.45) is 0. The molecule has 2 aromatic rings. The van der Waals surface area contributed by atoms with Crippen molar-refractivity contribution in [2.24, 2.45) is 0 Å². The first-order valence-electron chi connectivity index (χ1n) is 5.92. The van der Waals surface area contributed by atoms with E-state index in [0.29, 0.717) is 10.4 Å². The highest BCUT2D eigenvalue weighted by Crippen LogP contribution is 2.30. The van der Waals surface area contributed by atoms with Gasteiger partial charge in [0.25, 0.3) is 15.7 Å². The van der Waals surface area contributed by atoms with E-state index in [0.717, 1.165) is 31.3 Å². The first kappa shape index (κ1) is 15.8. The zero-order valence-corrected chi connectivity index (χ0v) is 12.0. The van der Waals surface area contributed by atoms with Crippen molar-refractivity contribution in [2.75, 3.05) is 11.4 Å². The van der Waals surface area contributed by atoms with Crippen molar-refractivity contribution >= 4 is 21.4 Å². The molecule has 2 rings (SSSR count). The molecule has 0 aliphatic heterocycles. The topological polar surface area (TPSA) is 80.5 Å². The van der Waals surface area contributed by atoms with Crippen LogP contribution in [0, 0.1) is 21.7 Å². The van der Waals surface area contributed by atoms with E-state index in [4.69, 9.17) is 0 Å². The molecule has 0 amide bonds. The average molecular weight is 328 g/mol. The normalized spacial score (nSPS) is 11.2. The third-order valence-electron chi connectivity index (χ3n) is 2.95. The Balaban J connectivity index is 2.60. The molecule has 0 aliphatic rings. The molecule has 0 unspecified atom stereocenters. The third-order valence-corrected chi connectivity index (χ3v) is 4.77. The molecule has 0 N–H and O–H groups in total. The number of nitro groups is 1. The maximum atomic E-state index is 13.7. The molecule has 22 heavy (non-hydrogen) atoms. The van der Waals surface area contributed by atoms with Gasteiger partial charge in [0.2, 0.25) is 0 Å². The minimum absolute atomic E-state index is 0.466. The maximum absolute atomic E-state index is 13.7. The summed E-state index contributed by atoms with van der Waals surface area (Å²) in [4.78, 5) is 9.47. The third kappa shape index (κ3) is 2.75. The molecule has 0 aromatic heterocycles. The van der Waals surface area contributed by atoms with E-state index in [-0.39, 0.29) is 0 Å². The Bertz CT molecular complexity index is 840. The van der Waals surface area contributed by atoms with Crippen LogP contribution in [0.25, 0.3) is 0 Å². The van der Waals surface area contributed by atoms with Crippen LogP contribution in [0.5, 0.6) is 0 Å². The van der Waals surface area contributed by atoms with Gasteiger partial charge in [0.1, 0.15) is 11.6 Å². The molecular formula is C13H10F2N2O4S. The minimum atomic E-state index is -4.42. The fourth-order valence-corrected chi connectivity index (χ4v) is 3.18. The zero-order chi connectivity index (χ0) is 16.5. The SMILES string of the molecule is CN(c1cc(F)ccc1F)S(=O)(=O)c1ccccc1[N+](=O)[O-]. The van der Waals surface area contributed by atoms with Crippen LogP contribution < -0.4 is 4.31 Å². The van der Waals surface area contributed by atoms with Crippen LogP contribution in [-0.4, -0.2) is 20.4 Å². The van der Waals surface area contributed by atoms with Crippen LogP contribution >= 0.6 is 0 Å². The lowest BCUT2D eigenvalue weighted by Gasteiger charge is -2.20. The van der Waals surface area contributed by atoms with Gasteiger partial charge in [-0.3, -0.25) is 14.4 Å². The van der Waals surface area contributed by atoms with E-state index in [1.165, 1.54) is 12.1 Å². The highest BCUT2D eigenvalue weighted by Gasteiger charge is 2.30. The quantitative estimate of drug-likeness (QED) is 0.638. The van der Waals surface area contributed by atoms with Crippen molar-refractivity contribution in [3.05, 3.63) is 64.2 Å². The Labute approximate surface area is 124 Å². The fourth-order valence-electron chi connectivity index (χ4n) is 1.83. The molecule has 2 aromatic carbocycles. The number of nitrogens with zero attached hydrogens (tertiary/aromatic N) is 2. The Kier molecular flexibility index (Phi) is 4.09. The first-order valence-corrected chi connectivity index (χ1v) is 7.36. The molecule has 0 heterocycles. The molecule has 0 aliphatic carbocycles. The van der Waals surface area contributed by atoms with E-state index < -0.39 is 42.9 Å². The van der Waals surface area contributed by atoms with Crippen molar-refractivity contribution in [1.82, 2.24) is 0 Å². The minimum Gasteiger partial charge on any atom is -0.266 e. The van der Waals surface area contributed by atoms with Crippen LogP contribution in [0.3, 0.4) is 0 Å². The number of sulfonamides is 1. The summed E-state index contributed by atoms with van der Waals surface area (Å²) in [5.74, 6) is -1.80. The number of benzene rings is 2. The predicted molar refractivity (Wildman–Crippen MR) is 75.0 cm³/mol. The van der Waals surface area contributed by atoms with E-state index >= 15 is 0 Å². The van der Waals surface area contributed by atoms with Gasteiger partial charge in [-0.05, 0) is 18.2 Å². The van der Waals surface area contributed by atoms with Crippen LogP contribution in [0.2, 0.25) is 0 Å². The lowest BCUT2D eigenvalue weighted by Crippen LogP contribution is -2.28.